The summed E-state index contributed by atoms with van der Waals surface area (Å²) in [6, 6.07) is -1.46. The Labute approximate surface area is 141 Å². The van der Waals surface area contributed by atoms with E-state index in [1.807, 2.05) is 0 Å². The molecule has 1 saturated heterocycles. The molecule has 1 atom stereocenters. The molecule has 1 aromatic heterocycles. The monoisotopic (exact) mass is 366 g/mol. The lowest BCUT2D eigenvalue weighted by Crippen LogP contribution is -2.50. The lowest BCUT2D eigenvalue weighted by molar-refractivity contribution is -0.384. The van der Waals surface area contributed by atoms with Crippen LogP contribution in [0.3, 0.4) is 0 Å². The number of alkyl halides is 2. The molecule has 0 N–H and O–H groups in total. The van der Waals surface area contributed by atoms with Crippen LogP contribution in [0.5, 0.6) is 0 Å². The average Bonchev–Trinajstić information content (AvgIpc) is 2.78. The molecule has 0 aliphatic carbocycles. The quantitative estimate of drug-likeness (QED) is 0.603. The molecule has 0 aromatic carbocycles. The summed E-state index contributed by atoms with van der Waals surface area (Å²) in [5.74, 6) is -3.95. The van der Waals surface area contributed by atoms with Crippen molar-refractivity contribution in [2.24, 2.45) is 5.41 Å². The zero-order valence-corrected chi connectivity index (χ0v) is 14.1. The fourth-order valence-electron chi connectivity index (χ4n) is 2.21. The number of aromatic nitrogens is 2. The number of hydrogen-bond acceptors (Lipinski definition) is 6. The van der Waals surface area contributed by atoms with Crippen molar-refractivity contribution in [3.05, 3.63) is 21.5 Å². The molecule has 1 fully saturated rings. The Balaban J connectivity index is 2.15. The number of carbonyl (C=O) groups excluding carboxylic acids is 1. The minimum absolute atomic E-state index is 0.0338. The van der Waals surface area contributed by atoms with Crippen LogP contribution < -0.4 is 0 Å². The Hall–Kier alpha value is -1.81. The molecule has 24 heavy (non-hydrogen) atoms. The highest BCUT2D eigenvalue weighted by Crippen LogP contribution is 2.40. The highest BCUT2D eigenvalue weighted by Gasteiger charge is 2.49. The van der Waals surface area contributed by atoms with Crippen molar-refractivity contribution in [3.8, 4) is 0 Å². The number of hydroxylamine groups is 2. The first-order chi connectivity index (χ1) is 10.9. The van der Waals surface area contributed by atoms with E-state index in [2.05, 4.69) is 5.10 Å². The van der Waals surface area contributed by atoms with Crippen molar-refractivity contribution >= 4 is 23.3 Å². The summed E-state index contributed by atoms with van der Waals surface area (Å²) >= 11 is 5.79. The molecule has 2 heterocycles. The Morgan fingerprint density at radius 3 is 2.62 bits per heavy atom. The smallest absolute Gasteiger partial charge is 0.330 e. The molecule has 0 saturated carbocycles. The van der Waals surface area contributed by atoms with Crippen LogP contribution in [0.2, 0.25) is 5.15 Å². The van der Waals surface area contributed by atoms with Crippen LogP contribution in [0.4, 0.5) is 14.5 Å². The molecular formula is C13H17ClF2N4O4. The van der Waals surface area contributed by atoms with Crippen LogP contribution in [-0.4, -0.2) is 44.7 Å². The summed E-state index contributed by atoms with van der Waals surface area (Å²) in [6.45, 7) is 4.03. The molecule has 1 aromatic rings. The van der Waals surface area contributed by atoms with Gasteiger partial charge in [0, 0.05) is 6.54 Å². The van der Waals surface area contributed by atoms with Crippen molar-refractivity contribution < 1.29 is 23.3 Å². The molecule has 2 rings (SSSR count). The van der Waals surface area contributed by atoms with E-state index < -0.39 is 45.7 Å². The van der Waals surface area contributed by atoms with Gasteiger partial charge in [0.05, 0.1) is 10.3 Å². The van der Waals surface area contributed by atoms with Gasteiger partial charge in [-0.15, -0.1) is 5.06 Å². The number of nitrogens with zero attached hydrogens (tertiary/aromatic N) is 4. The van der Waals surface area contributed by atoms with Crippen LogP contribution in [0.25, 0.3) is 0 Å². The molecule has 0 amide bonds. The predicted octanol–water partition coefficient (Wildman–Crippen LogP) is 2.83. The van der Waals surface area contributed by atoms with Crippen molar-refractivity contribution in [2.75, 3.05) is 13.1 Å². The normalized spacial score (nSPS) is 21.5. The van der Waals surface area contributed by atoms with E-state index in [9.17, 15) is 23.7 Å². The minimum atomic E-state index is -3.33. The second kappa shape index (κ2) is 6.25. The molecule has 0 radical (unpaired) electrons. The largest absolute Gasteiger partial charge is 0.367 e. The number of piperidine rings is 1. The summed E-state index contributed by atoms with van der Waals surface area (Å²) in [4.78, 5) is 26.8. The maximum absolute atomic E-state index is 14.4. The lowest BCUT2D eigenvalue weighted by Gasteiger charge is -2.37. The van der Waals surface area contributed by atoms with Crippen LogP contribution in [0, 0.1) is 15.5 Å². The van der Waals surface area contributed by atoms with Gasteiger partial charge >= 0.3 is 11.7 Å². The van der Waals surface area contributed by atoms with Crippen LogP contribution in [-0.2, 0) is 9.63 Å². The molecule has 1 unspecified atom stereocenters. The Morgan fingerprint density at radius 1 is 1.54 bits per heavy atom. The van der Waals surface area contributed by atoms with Gasteiger partial charge in [-0.05, 0) is 27.2 Å². The Morgan fingerprint density at radius 2 is 2.17 bits per heavy atom. The number of hydrogen-bond donors (Lipinski definition) is 0. The Bertz CT molecular complexity index is 659. The van der Waals surface area contributed by atoms with E-state index in [1.165, 1.54) is 0 Å². The summed E-state index contributed by atoms with van der Waals surface area (Å²) in [6.07, 6.45) is 0.702. The van der Waals surface area contributed by atoms with E-state index in [4.69, 9.17) is 16.4 Å². The number of carbonyl (C=O) groups is 1. The summed E-state index contributed by atoms with van der Waals surface area (Å²) < 4.78 is 29.6. The third-order valence-electron chi connectivity index (χ3n) is 3.56. The van der Waals surface area contributed by atoms with E-state index in [-0.39, 0.29) is 13.0 Å². The van der Waals surface area contributed by atoms with Crippen molar-refractivity contribution in [1.82, 2.24) is 14.8 Å². The molecule has 1 aliphatic rings. The van der Waals surface area contributed by atoms with Gasteiger partial charge in [-0.2, -0.15) is 5.10 Å². The second-order valence-electron chi connectivity index (χ2n) is 6.58. The molecule has 8 nitrogen and oxygen atoms in total. The molecule has 11 heteroatoms. The van der Waals surface area contributed by atoms with Crippen molar-refractivity contribution in [3.63, 3.8) is 0 Å². The SMILES string of the molecule is CC(C)(C)C(=O)ON1CCC(n2ncc([N+](=O)[O-])c2Cl)C(F)(F)C1. The highest BCUT2D eigenvalue weighted by atomic mass is 35.5. The molecule has 0 bridgehead atoms. The first-order valence-corrected chi connectivity index (χ1v) is 7.54. The number of nitro groups is 1. The first-order valence-electron chi connectivity index (χ1n) is 7.16. The highest BCUT2D eigenvalue weighted by molar-refractivity contribution is 6.31. The van der Waals surface area contributed by atoms with Crippen LogP contribution in [0.1, 0.15) is 33.2 Å². The topological polar surface area (TPSA) is 90.5 Å². The van der Waals surface area contributed by atoms with E-state index in [0.29, 0.717) is 0 Å². The molecule has 134 valence electrons. The average molecular weight is 367 g/mol. The van der Waals surface area contributed by atoms with E-state index in [1.54, 1.807) is 20.8 Å². The minimum Gasteiger partial charge on any atom is -0.367 e. The summed E-state index contributed by atoms with van der Waals surface area (Å²) in [7, 11) is 0. The third-order valence-corrected chi connectivity index (χ3v) is 3.93. The maximum Gasteiger partial charge on any atom is 0.330 e. The summed E-state index contributed by atoms with van der Waals surface area (Å²) in [5.41, 5.74) is -1.35. The fraction of sp³-hybridized carbons (Fsp3) is 0.692. The Kier molecular flexibility index (Phi) is 4.82. The van der Waals surface area contributed by atoms with Gasteiger partial charge in [-0.25, -0.2) is 18.3 Å². The van der Waals surface area contributed by atoms with Gasteiger partial charge in [0.25, 0.3) is 5.92 Å². The van der Waals surface area contributed by atoms with Crippen molar-refractivity contribution in [1.29, 1.82) is 0 Å². The van der Waals surface area contributed by atoms with Gasteiger partial charge < -0.3 is 4.84 Å². The molecule has 1 aliphatic heterocycles. The van der Waals surface area contributed by atoms with E-state index >= 15 is 0 Å². The predicted molar refractivity (Wildman–Crippen MR) is 79.6 cm³/mol. The zero-order valence-electron chi connectivity index (χ0n) is 13.3. The van der Waals surface area contributed by atoms with Gasteiger partial charge in [0.2, 0.25) is 5.15 Å². The zero-order chi connectivity index (χ0) is 18.3. The van der Waals surface area contributed by atoms with Crippen LogP contribution >= 0.6 is 11.6 Å². The lowest BCUT2D eigenvalue weighted by atomic mass is 9.97. The maximum atomic E-state index is 14.4. The van der Waals surface area contributed by atoms with Crippen molar-refractivity contribution in [2.45, 2.75) is 39.2 Å². The van der Waals surface area contributed by atoms with Gasteiger partial charge in [-0.3, -0.25) is 10.1 Å². The van der Waals surface area contributed by atoms with Gasteiger partial charge in [0.1, 0.15) is 18.8 Å². The molecule has 0 spiro atoms. The number of rotatable bonds is 3. The van der Waals surface area contributed by atoms with Gasteiger partial charge in [-0.1, -0.05) is 11.6 Å². The standard InChI is InChI=1S/C13H17ClF2N4O4/c1-12(2,3)11(21)24-18-5-4-9(13(15,16)7-18)19-10(14)8(6-17-19)20(22)23/h6,9H,4-5,7H2,1-3H3. The molecular weight excluding hydrogens is 350 g/mol. The number of halogens is 3. The second-order valence-corrected chi connectivity index (χ2v) is 6.94. The fourth-order valence-corrected chi connectivity index (χ4v) is 2.49. The van der Waals surface area contributed by atoms with E-state index in [0.717, 1.165) is 15.9 Å². The van der Waals surface area contributed by atoms with Gasteiger partial charge in [0.15, 0.2) is 0 Å². The van der Waals surface area contributed by atoms with Crippen LogP contribution in [0.15, 0.2) is 6.20 Å². The summed E-state index contributed by atoms with van der Waals surface area (Å²) in [5, 5.41) is 14.8. The first kappa shape index (κ1) is 18.5. The third kappa shape index (κ3) is 3.64.